The number of pyridine rings is 1. The topological polar surface area (TPSA) is 140 Å². The van der Waals surface area contributed by atoms with E-state index in [-0.39, 0.29) is 52.4 Å². The highest BCUT2D eigenvalue weighted by Gasteiger charge is 2.50. The highest BCUT2D eigenvalue weighted by Crippen LogP contribution is 2.52. The monoisotopic (exact) mass is 558 g/mol. The number of ketones is 1. The standard InChI is InChI=1S/C32H38N4O5/c1-35(2)28-22-12-18-11-21-20(19-10-17(14-34-15-19)16-36-8-4-3-5-9-36)6-7-25(37)27(21)31(40)26(18)29(38)23(22)13-24(30(28)39)32(33)41/h6-7,10,14-15,18,22-23,28,37-39H,3-5,8-9,11-13,16H2,1-2H3,(H2,33,41)/t18?,22?,23?,28-/m0/s1. The molecule has 1 aliphatic heterocycles. The third-order valence-electron chi connectivity index (χ3n) is 9.56. The molecular formula is C32H38N4O5. The number of aromatic hydroxyl groups is 1. The molecule has 41 heavy (non-hydrogen) atoms. The van der Waals surface area contributed by atoms with Gasteiger partial charge < -0.3 is 21.1 Å². The highest BCUT2D eigenvalue weighted by molar-refractivity contribution is 6.14. The van der Waals surface area contributed by atoms with Crippen molar-refractivity contribution in [1.29, 1.82) is 0 Å². The summed E-state index contributed by atoms with van der Waals surface area (Å²) in [4.78, 5) is 35.0. The molecule has 5 N–H and O–H groups in total. The summed E-state index contributed by atoms with van der Waals surface area (Å²) >= 11 is 0. The van der Waals surface area contributed by atoms with Crippen LogP contribution in [0.25, 0.3) is 11.1 Å². The minimum absolute atomic E-state index is 0.0579. The van der Waals surface area contributed by atoms with E-state index in [1.165, 1.54) is 19.3 Å². The maximum atomic E-state index is 14.0. The molecule has 4 atom stereocenters. The van der Waals surface area contributed by atoms with E-state index in [1.807, 2.05) is 31.3 Å². The van der Waals surface area contributed by atoms with Crippen molar-refractivity contribution in [3.63, 3.8) is 0 Å². The zero-order valence-electron chi connectivity index (χ0n) is 23.6. The Kier molecular flexibility index (Phi) is 7.11. The van der Waals surface area contributed by atoms with Gasteiger partial charge in [0.05, 0.1) is 17.2 Å². The number of hydrogen-bond acceptors (Lipinski definition) is 8. The molecule has 1 amide bonds. The Balaban J connectivity index is 1.39. The van der Waals surface area contributed by atoms with Gasteiger partial charge in [-0.2, -0.15) is 0 Å². The smallest absolute Gasteiger partial charge is 0.248 e. The molecule has 1 fully saturated rings. The third kappa shape index (κ3) is 4.71. The molecule has 2 heterocycles. The first-order valence-electron chi connectivity index (χ1n) is 14.5. The van der Waals surface area contributed by atoms with E-state index in [4.69, 9.17) is 5.73 Å². The van der Waals surface area contributed by atoms with Gasteiger partial charge in [0.15, 0.2) is 5.78 Å². The number of amides is 1. The Labute approximate surface area is 240 Å². The largest absolute Gasteiger partial charge is 0.512 e. The summed E-state index contributed by atoms with van der Waals surface area (Å²) in [6.45, 7) is 2.98. The first-order chi connectivity index (χ1) is 19.7. The predicted octanol–water partition coefficient (Wildman–Crippen LogP) is 3.87. The highest BCUT2D eigenvalue weighted by atomic mass is 16.3. The molecule has 1 aromatic carbocycles. The van der Waals surface area contributed by atoms with Gasteiger partial charge in [0.1, 0.15) is 17.3 Å². The first-order valence-corrected chi connectivity index (χ1v) is 14.5. The van der Waals surface area contributed by atoms with Gasteiger partial charge in [-0.25, -0.2) is 0 Å². The number of nitrogens with zero attached hydrogens (tertiary/aromatic N) is 3. The van der Waals surface area contributed by atoms with E-state index in [9.17, 15) is 24.9 Å². The number of carbonyl (C=O) groups excluding carboxylic acids is 2. The molecule has 9 heteroatoms. The van der Waals surface area contributed by atoms with Crippen molar-refractivity contribution in [1.82, 2.24) is 14.8 Å². The van der Waals surface area contributed by atoms with Crippen molar-refractivity contribution in [2.75, 3.05) is 27.2 Å². The fourth-order valence-electron chi connectivity index (χ4n) is 7.72. The van der Waals surface area contributed by atoms with Crippen LogP contribution in [-0.4, -0.2) is 75.0 Å². The molecule has 6 rings (SSSR count). The molecule has 0 saturated carbocycles. The van der Waals surface area contributed by atoms with Crippen LogP contribution in [0.4, 0.5) is 0 Å². The van der Waals surface area contributed by atoms with Gasteiger partial charge in [0.25, 0.3) is 0 Å². The number of Topliss-reactive ketones (excluding diaryl/α,β-unsaturated/α-hetero) is 1. The first kappa shape index (κ1) is 27.5. The number of allylic oxidation sites excluding steroid dienone is 2. The number of aliphatic hydroxyl groups is 2. The number of primary amides is 1. The van der Waals surface area contributed by atoms with Crippen molar-refractivity contribution in [2.45, 2.75) is 51.1 Å². The van der Waals surface area contributed by atoms with Crippen LogP contribution >= 0.6 is 0 Å². The van der Waals surface area contributed by atoms with E-state index in [2.05, 4.69) is 16.0 Å². The number of likely N-dealkylation sites (tertiary alicyclic amines) is 1. The Hall–Kier alpha value is -3.69. The van der Waals surface area contributed by atoms with Crippen molar-refractivity contribution < 1.29 is 24.9 Å². The molecule has 216 valence electrons. The maximum absolute atomic E-state index is 14.0. The van der Waals surface area contributed by atoms with Crippen LogP contribution in [0.1, 0.15) is 53.6 Å². The molecule has 3 unspecified atom stereocenters. The number of phenolic OH excluding ortho intramolecular Hbond substituents is 1. The number of fused-ring (bicyclic) bond motifs is 3. The minimum atomic E-state index is -0.730. The molecule has 2 aromatic rings. The van der Waals surface area contributed by atoms with Crippen molar-refractivity contribution in [2.24, 2.45) is 23.5 Å². The minimum Gasteiger partial charge on any atom is -0.512 e. The number of likely N-dealkylation sites (N-methyl/N-ethyl adjacent to an activating group) is 1. The lowest BCUT2D eigenvalue weighted by Gasteiger charge is -2.47. The third-order valence-corrected chi connectivity index (χ3v) is 9.56. The zero-order chi connectivity index (χ0) is 29.0. The molecule has 1 aromatic heterocycles. The van der Waals surface area contributed by atoms with Gasteiger partial charge in [0.2, 0.25) is 5.91 Å². The number of aliphatic hydroxyl groups excluding tert-OH is 2. The van der Waals surface area contributed by atoms with Gasteiger partial charge in [-0.15, -0.1) is 0 Å². The average Bonchev–Trinajstić information content (AvgIpc) is 2.93. The number of piperidine rings is 1. The van der Waals surface area contributed by atoms with Crippen LogP contribution in [0, 0.1) is 17.8 Å². The molecule has 9 nitrogen and oxygen atoms in total. The van der Waals surface area contributed by atoms with Crippen molar-refractivity contribution in [3.8, 4) is 16.9 Å². The van der Waals surface area contributed by atoms with Gasteiger partial charge in [0, 0.05) is 36.0 Å². The Morgan fingerprint density at radius 3 is 2.54 bits per heavy atom. The van der Waals surface area contributed by atoms with Gasteiger partial charge in [-0.05, 0) is 99.9 Å². The molecular weight excluding hydrogens is 520 g/mol. The summed E-state index contributed by atoms with van der Waals surface area (Å²) in [5.41, 5.74) is 9.79. The van der Waals surface area contributed by atoms with Crippen LogP contribution in [-0.2, 0) is 17.8 Å². The number of rotatable bonds is 5. The Morgan fingerprint density at radius 1 is 1.07 bits per heavy atom. The summed E-state index contributed by atoms with van der Waals surface area (Å²) in [5.74, 6) is -2.39. The molecule has 1 saturated heterocycles. The summed E-state index contributed by atoms with van der Waals surface area (Å²) in [6, 6.07) is 4.99. The second-order valence-electron chi connectivity index (χ2n) is 12.3. The van der Waals surface area contributed by atoms with Gasteiger partial charge in [-0.1, -0.05) is 12.5 Å². The zero-order valence-corrected chi connectivity index (χ0v) is 23.6. The van der Waals surface area contributed by atoms with Gasteiger partial charge in [-0.3, -0.25) is 24.4 Å². The van der Waals surface area contributed by atoms with Crippen LogP contribution in [0.2, 0.25) is 0 Å². The maximum Gasteiger partial charge on any atom is 0.248 e. The van der Waals surface area contributed by atoms with Gasteiger partial charge >= 0.3 is 0 Å². The molecule has 3 aliphatic carbocycles. The number of benzene rings is 1. The number of carbonyl (C=O) groups is 2. The second kappa shape index (κ2) is 10.6. The molecule has 0 bridgehead atoms. The number of nitrogens with two attached hydrogens (primary N) is 1. The van der Waals surface area contributed by atoms with E-state index in [0.29, 0.717) is 18.4 Å². The fraction of sp³-hybridized carbons (Fsp3) is 0.469. The Bertz CT molecular complexity index is 1470. The lowest BCUT2D eigenvalue weighted by atomic mass is 9.61. The van der Waals surface area contributed by atoms with Crippen LogP contribution in [0.3, 0.4) is 0 Å². The van der Waals surface area contributed by atoms with E-state index in [1.54, 1.807) is 12.3 Å². The van der Waals surface area contributed by atoms with Crippen LogP contribution in [0.5, 0.6) is 5.75 Å². The summed E-state index contributed by atoms with van der Waals surface area (Å²) in [5, 5.41) is 33.4. The lowest BCUT2D eigenvalue weighted by Crippen LogP contribution is -2.49. The average molecular weight is 559 g/mol. The van der Waals surface area contributed by atoms with Crippen LogP contribution in [0.15, 0.2) is 53.3 Å². The predicted molar refractivity (Wildman–Crippen MR) is 154 cm³/mol. The molecule has 4 aliphatic rings. The summed E-state index contributed by atoms with van der Waals surface area (Å²) in [7, 11) is 3.64. The number of hydrogen-bond donors (Lipinski definition) is 4. The summed E-state index contributed by atoms with van der Waals surface area (Å²) in [6.07, 6.45) is 8.44. The molecule has 0 radical (unpaired) electrons. The second-order valence-corrected chi connectivity index (χ2v) is 12.3. The van der Waals surface area contributed by atoms with E-state index in [0.717, 1.165) is 41.9 Å². The van der Waals surface area contributed by atoms with Crippen LogP contribution < -0.4 is 5.73 Å². The number of aromatic nitrogens is 1. The lowest BCUT2D eigenvalue weighted by molar-refractivity contribution is -0.115. The normalized spacial score (nSPS) is 26.6. The fourth-order valence-corrected chi connectivity index (χ4v) is 7.72. The van der Waals surface area contributed by atoms with E-state index < -0.39 is 17.9 Å². The summed E-state index contributed by atoms with van der Waals surface area (Å²) < 4.78 is 0. The quantitative estimate of drug-likeness (QED) is 0.434. The molecule has 0 spiro atoms. The Morgan fingerprint density at radius 2 is 1.83 bits per heavy atom. The van der Waals surface area contributed by atoms with Crippen molar-refractivity contribution >= 4 is 11.7 Å². The number of phenols is 1. The van der Waals surface area contributed by atoms with Crippen molar-refractivity contribution in [3.05, 3.63) is 69.9 Å². The SMILES string of the molecule is CN(C)[C@@H]1C(O)=C(C(N)=O)CC2C(O)=C3C(=O)c4c(O)ccc(-c5cncc(CN6CCCCC6)c5)c4CC3CC21. The van der Waals surface area contributed by atoms with E-state index >= 15 is 0 Å².